The second-order valence-electron chi connectivity index (χ2n) is 4.51. The normalized spacial score (nSPS) is 13.8. The molecule has 0 saturated carbocycles. The Balaban J connectivity index is 2.91. The Morgan fingerprint density at radius 1 is 1.33 bits per heavy atom. The van der Waals surface area contributed by atoms with E-state index < -0.39 is 5.54 Å². The lowest BCUT2D eigenvalue weighted by molar-refractivity contribution is -0.146. The van der Waals surface area contributed by atoms with Gasteiger partial charge in [0.25, 0.3) is 0 Å². The first-order chi connectivity index (χ1) is 8.53. The molecule has 0 amide bonds. The number of nitrogens with one attached hydrogen (secondary N) is 1. The molecule has 1 unspecified atom stereocenters. The number of para-hydroxylation sites is 1. The molecule has 0 aromatic heterocycles. The highest BCUT2D eigenvalue weighted by Gasteiger charge is 2.34. The second kappa shape index (κ2) is 6.40. The van der Waals surface area contributed by atoms with E-state index in [2.05, 4.69) is 5.32 Å². The Morgan fingerprint density at radius 3 is 2.56 bits per heavy atom. The minimum atomic E-state index is -0.781. The number of methoxy groups -OCH3 is 2. The van der Waals surface area contributed by atoms with Crippen LogP contribution >= 0.6 is 0 Å². The van der Waals surface area contributed by atoms with Crippen molar-refractivity contribution in [3.05, 3.63) is 29.8 Å². The SMILES string of the molecule is COCCC(C)(Nc1ccccc1C)C(=O)OC. The van der Waals surface area contributed by atoms with Gasteiger partial charge in [-0.3, -0.25) is 0 Å². The van der Waals surface area contributed by atoms with Crippen LogP contribution in [0.15, 0.2) is 24.3 Å². The fraction of sp³-hybridized carbons (Fsp3) is 0.500. The molecular formula is C14H21NO3. The first-order valence-electron chi connectivity index (χ1n) is 5.94. The summed E-state index contributed by atoms with van der Waals surface area (Å²) in [5, 5.41) is 3.25. The van der Waals surface area contributed by atoms with Crippen molar-refractivity contribution in [2.75, 3.05) is 26.1 Å². The van der Waals surface area contributed by atoms with Crippen LogP contribution in [0.25, 0.3) is 0 Å². The zero-order chi connectivity index (χ0) is 13.6. The van der Waals surface area contributed by atoms with Crippen molar-refractivity contribution in [1.82, 2.24) is 0 Å². The van der Waals surface area contributed by atoms with Gasteiger partial charge in [0.05, 0.1) is 7.11 Å². The predicted molar refractivity (Wildman–Crippen MR) is 71.7 cm³/mol. The molecule has 0 aliphatic rings. The third kappa shape index (κ3) is 3.47. The monoisotopic (exact) mass is 251 g/mol. The van der Waals surface area contributed by atoms with Crippen molar-refractivity contribution in [2.24, 2.45) is 0 Å². The molecule has 0 aliphatic heterocycles. The molecule has 1 atom stereocenters. The summed E-state index contributed by atoms with van der Waals surface area (Å²) in [4.78, 5) is 11.9. The Kier molecular flexibility index (Phi) is 5.16. The number of hydrogen-bond donors (Lipinski definition) is 1. The standard InChI is InChI=1S/C14H21NO3/c1-11-7-5-6-8-12(11)15-14(2,9-10-17-3)13(16)18-4/h5-8,15H,9-10H2,1-4H3. The zero-order valence-corrected chi connectivity index (χ0v) is 11.4. The van der Waals surface area contributed by atoms with Crippen molar-refractivity contribution < 1.29 is 14.3 Å². The summed E-state index contributed by atoms with van der Waals surface area (Å²) in [7, 11) is 3.01. The van der Waals surface area contributed by atoms with Gasteiger partial charge in [0, 0.05) is 25.8 Å². The van der Waals surface area contributed by atoms with Crippen LogP contribution in [0.2, 0.25) is 0 Å². The van der Waals surface area contributed by atoms with Gasteiger partial charge in [0.15, 0.2) is 0 Å². The van der Waals surface area contributed by atoms with E-state index in [9.17, 15) is 4.79 Å². The number of carbonyl (C=O) groups is 1. The van der Waals surface area contributed by atoms with Gasteiger partial charge < -0.3 is 14.8 Å². The minimum absolute atomic E-state index is 0.289. The maximum Gasteiger partial charge on any atom is 0.331 e. The summed E-state index contributed by atoms with van der Waals surface area (Å²) in [5.41, 5.74) is 1.24. The lowest BCUT2D eigenvalue weighted by Crippen LogP contribution is -2.45. The summed E-state index contributed by atoms with van der Waals surface area (Å²) < 4.78 is 9.92. The van der Waals surface area contributed by atoms with E-state index in [-0.39, 0.29) is 5.97 Å². The van der Waals surface area contributed by atoms with Crippen LogP contribution in [-0.4, -0.2) is 32.3 Å². The Hall–Kier alpha value is -1.55. The van der Waals surface area contributed by atoms with Crippen LogP contribution in [0, 0.1) is 6.92 Å². The number of benzene rings is 1. The molecule has 0 radical (unpaired) electrons. The van der Waals surface area contributed by atoms with Crippen LogP contribution in [0.5, 0.6) is 0 Å². The lowest BCUT2D eigenvalue weighted by atomic mass is 9.97. The zero-order valence-electron chi connectivity index (χ0n) is 11.4. The molecule has 18 heavy (non-hydrogen) atoms. The molecule has 1 aromatic rings. The van der Waals surface area contributed by atoms with Gasteiger partial charge >= 0.3 is 5.97 Å². The quantitative estimate of drug-likeness (QED) is 0.789. The molecule has 4 heteroatoms. The average Bonchev–Trinajstić information content (AvgIpc) is 2.38. The van der Waals surface area contributed by atoms with Crippen LogP contribution in [0.1, 0.15) is 18.9 Å². The molecule has 0 bridgehead atoms. The number of aryl methyl sites for hydroxylation is 1. The van der Waals surface area contributed by atoms with Gasteiger partial charge in [-0.15, -0.1) is 0 Å². The summed E-state index contributed by atoms with van der Waals surface area (Å²) in [6, 6.07) is 7.84. The van der Waals surface area contributed by atoms with E-state index >= 15 is 0 Å². The fourth-order valence-corrected chi connectivity index (χ4v) is 1.76. The first-order valence-corrected chi connectivity index (χ1v) is 5.94. The molecule has 0 saturated heterocycles. The maximum absolute atomic E-state index is 11.9. The molecule has 100 valence electrons. The summed E-state index contributed by atoms with van der Waals surface area (Å²) in [5.74, 6) is -0.289. The molecule has 0 aliphatic carbocycles. The van der Waals surface area contributed by atoms with Gasteiger partial charge in [0.1, 0.15) is 5.54 Å². The molecule has 0 fully saturated rings. The molecule has 1 aromatic carbocycles. The van der Waals surface area contributed by atoms with Gasteiger partial charge in [0.2, 0.25) is 0 Å². The van der Waals surface area contributed by atoms with E-state index in [4.69, 9.17) is 9.47 Å². The second-order valence-corrected chi connectivity index (χ2v) is 4.51. The van der Waals surface area contributed by atoms with E-state index in [0.29, 0.717) is 13.0 Å². The van der Waals surface area contributed by atoms with Crippen molar-refractivity contribution in [3.8, 4) is 0 Å². The smallest absolute Gasteiger partial charge is 0.331 e. The minimum Gasteiger partial charge on any atom is -0.467 e. The van der Waals surface area contributed by atoms with Crippen LogP contribution in [0.3, 0.4) is 0 Å². The topological polar surface area (TPSA) is 47.6 Å². The van der Waals surface area contributed by atoms with E-state index in [1.54, 1.807) is 7.11 Å². The highest BCUT2D eigenvalue weighted by atomic mass is 16.5. The predicted octanol–water partition coefficient (Wildman–Crippen LogP) is 2.38. The van der Waals surface area contributed by atoms with Crippen molar-refractivity contribution >= 4 is 11.7 Å². The van der Waals surface area contributed by atoms with Crippen molar-refractivity contribution in [2.45, 2.75) is 25.8 Å². The van der Waals surface area contributed by atoms with E-state index in [1.165, 1.54) is 7.11 Å². The Morgan fingerprint density at radius 2 is 2.00 bits per heavy atom. The third-order valence-corrected chi connectivity index (χ3v) is 3.00. The number of anilines is 1. The van der Waals surface area contributed by atoms with Crippen LogP contribution in [-0.2, 0) is 14.3 Å². The number of ether oxygens (including phenoxy) is 2. The van der Waals surface area contributed by atoms with Crippen molar-refractivity contribution in [3.63, 3.8) is 0 Å². The molecule has 4 nitrogen and oxygen atoms in total. The number of rotatable bonds is 6. The first kappa shape index (κ1) is 14.5. The molecule has 1 rings (SSSR count). The fourth-order valence-electron chi connectivity index (χ4n) is 1.76. The number of carbonyl (C=O) groups excluding carboxylic acids is 1. The van der Waals surface area contributed by atoms with Crippen LogP contribution in [0.4, 0.5) is 5.69 Å². The van der Waals surface area contributed by atoms with Gasteiger partial charge in [-0.25, -0.2) is 4.79 Å². The molecule has 1 N–H and O–H groups in total. The van der Waals surface area contributed by atoms with Crippen LogP contribution < -0.4 is 5.32 Å². The largest absolute Gasteiger partial charge is 0.467 e. The van der Waals surface area contributed by atoms with Gasteiger partial charge in [-0.2, -0.15) is 0 Å². The van der Waals surface area contributed by atoms with Gasteiger partial charge in [-0.05, 0) is 25.5 Å². The lowest BCUT2D eigenvalue weighted by Gasteiger charge is -2.29. The van der Waals surface area contributed by atoms with E-state index in [1.807, 2.05) is 38.1 Å². The average molecular weight is 251 g/mol. The molecule has 0 spiro atoms. The van der Waals surface area contributed by atoms with Gasteiger partial charge in [-0.1, -0.05) is 18.2 Å². The Labute approximate surface area is 108 Å². The summed E-state index contributed by atoms with van der Waals surface area (Å²) in [6.45, 7) is 4.31. The summed E-state index contributed by atoms with van der Waals surface area (Å²) in [6.07, 6.45) is 0.546. The number of hydrogen-bond acceptors (Lipinski definition) is 4. The van der Waals surface area contributed by atoms with E-state index in [0.717, 1.165) is 11.3 Å². The molecule has 0 heterocycles. The maximum atomic E-state index is 11.9. The molecular weight excluding hydrogens is 230 g/mol. The third-order valence-electron chi connectivity index (χ3n) is 3.00. The summed E-state index contributed by atoms with van der Waals surface area (Å²) >= 11 is 0. The highest BCUT2D eigenvalue weighted by molar-refractivity contribution is 5.84. The van der Waals surface area contributed by atoms with Crippen molar-refractivity contribution in [1.29, 1.82) is 0 Å². The Bertz CT molecular complexity index is 406. The highest BCUT2D eigenvalue weighted by Crippen LogP contribution is 2.23. The number of esters is 1.